The fourth-order valence-corrected chi connectivity index (χ4v) is 3.35. The lowest BCUT2D eigenvalue weighted by molar-refractivity contribution is -0.137. The van der Waals surface area contributed by atoms with Gasteiger partial charge in [-0.25, -0.2) is 0 Å². The Morgan fingerprint density at radius 3 is 2.39 bits per heavy atom. The highest BCUT2D eigenvalue weighted by Crippen LogP contribution is 2.31. The minimum atomic E-state index is -4.38. The van der Waals surface area contributed by atoms with Crippen LogP contribution in [-0.4, -0.2) is 30.3 Å². The zero-order valence-electron chi connectivity index (χ0n) is 15.7. The highest BCUT2D eigenvalue weighted by Gasteiger charge is 2.30. The van der Waals surface area contributed by atoms with Gasteiger partial charge in [0, 0.05) is 37.8 Å². The van der Waals surface area contributed by atoms with Crippen molar-refractivity contribution in [2.75, 3.05) is 18.5 Å². The number of rotatable bonds is 4. The molecule has 4 nitrogen and oxygen atoms in total. The smallest absolute Gasteiger partial charge is 0.337 e. The van der Waals surface area contributed by atoms with E-state index in [1.807, 2.05) is 6.92 Å². The Morgan fingerprint density at radius 2 is 1.79 bits per heavy atom. The number of amides is 2. The molecule has 3 rings (SSSR count). The zero-order valence-corrected chi connectivity index (χ0v) is 15.7. The number of benzene rings is 2. The van der Waals surface area contributed by atoms with Crippen LogP contribution in [0.5, 0.6) is 0 Å². The lowest BCUT2D eigenvalue weighted by Gasteiger charge is -2.19. The Balaban J connectivity index is 1.71. The van der Waals surface area contributed by atoms with E-state index in [1.165, 1.54) is 17.0 Å². The summed E-state index contributed by atoms with van der Waals surface area (Å²) in [5.74, 6) is -0.166. The van der Waals surface area contributed by atoms with Gasteiger partial charge in [-0.05, 0) is 47.9 Å². The summed E-state index contributed by atoms with van der Waals surface area (Å²) in [6.45, 7) is 2.63. The third-order valence-corrected chi connectivity index (χ3v) is 4.87. The monoisotopic (exact) mass is 390 g/mol. The number of hydrogen-bond donors (Lipinski definition) is 0. The van der Waals surface area contributed by atoms with Crippen LogP contribution >= 0.6 is 0 Å². The molecule has 7 heteroatoms. The van der Waals surface area contributed by atoms with Gasteiger partial charge in [-0.2, -0.15) is 13.2 Å². The van der Waals surface area contributed by atoms with E-state index in [-0.39, 0.29) is 18.4 Å². The minimum absolute atomic E-state index is 0.0530. The van der Waals surface area contributed by atoms with E-state index >= 15 is 0 Å². The van der Waals surface area contributed by atoms with Gasteiger partial charge in [0.1, 0.15) is 0 Å². The van der Waals surface area contributed by atoms with Crippen LogP contribution in [0.4, 0.5) is 18.9 Å². The first-order chi connectivity index (χ1) is 13.2. The van der Waals surface area contributed by atoms with Crippen molar-refractivity contribution in [3.05, 3.63) is 64.7 Å². The second-order valence-electron chi connectivity index (χ2n) is 6.85. The van der Waals surface area contributed by atoms with Crippen LogP contribution < -0.4 is 4.90 Å². The molecule has 0 N–H and O–H groups in total. The molecule has 0 radical (unpaired) electrons. The van der Waals surface area contributed by atoms with Crippen LogP contribution in [0.15, 0.2) is 42.5 Å². The highest BCUT2D eigenvalue weighted by molar-refractivity contribution is 5.98. The molecular formula is C21H21F3N2O2. The summed E-state index contributed by atoms with van der Waals surface area (Å²) in [5.41, 5.74) is 2.20. The molecule has 0 aromatic heterocycles. The lowest BCUT2D eigenvalue weighted by atomic mass is 10.1. The molecule has 0 saturated heterocycles. The average molecular weight is 390 g/mol. The summed E-state index contributed by atoms with van der Waals surface area (Å²) in [6, 6.07) is 10.1. The molecular weight excluding hydrogens is 369 g/mol. The SMILES string of the molecule is CCC(=O)N1CCc2cc(C(=O)N(C)Cc3ccc(C(F)(F)F)cc3)ccc21. The third-order valence-electron chi connectivity index (χ3n) is 4.87. The molecule has 2 aromatic rings. The Labute approximate surface area is 161 Å². The maximum Gasteiger partial charge on any atom is 0.416 e. The fraction of sp³-hybridized carbons (Fsp3) is 0.333. The molecule has 0 atom stereocenters. The van der Waals surface area contributed by atoms with E-state index in [9.17, 15) is 22.8 Å². The predicted octanol–water partition coefficient (Wildman–Crippen LogP) is 4.28. The van der Waals surface area contributed by atoms with Gasteiger partial charge in [0.15, 0.2) is 0 Å². The highest BCUT2D eigenvalue weighted by atomic mass is 19.4. The quantitative estimate of drug-likeness (QED) is 0.782. The number of alkyl halides is 3. The normalized spacial score (nSPS) is 13.4. The van der Waals surface area contributed by atoms with Crippen LogP contribution in [0.2, 0.25) is 0 Å². The van der Waals surface area contributed by atoms with E-state index < -0.39 is 11.7 Å². The number of fused-ring (bicyclic) bond motifs is 1. The van der Waals surface area contributed by atoms with Crippen LogP contribution in [0.25, 0.3) is 0 Å². The maximum absolute atomic E-state index is 12.7. The lowest BCUT2D eigenvalue weighted by Crippen LogP contribution is -2.28. The van der Waals surface area contributed by atoms with Crippen molar-refractivity contribution in [1.82, 2.24) is 4.90 Å². The standard InChI is InChI=1S/C21H21F3N2O2/c1-3-19(27)26-11-10-15-12-16(6-9-18(15)26)20(28)25(2)13-14-4-7-17(8-5-14)21(22,23)24/h4-9,12H,3,10-11,13H2,1-2H3. The Hall–Kier alpha value is -2.83. The number of hydrogen-bond acceptors (Lipinski definition) is 2. The maximum atomic E-state index is 12.7. The van der Waals surface area contributed by atoms with Crippen molar-refractivity contribution in [3.63, 3.8) is 0 Å². The molecule has 1 aliphatic heterocycles. The number of halogens is 3. The van der Waals surface area contributed by atoms with Gasteiger partial charge < -0.3 is 9.80 Å². The van der Waals surface area contributed by atoms with Crippen molar-refractivity contribution in [3.8, 4) is 0 Å². The molecule has 1 aliphatic rings. The van der Waals surface area contributed by atoms with Crippen molar-refractivity contribution in [1.29, 1.82) is 0 Å². The van der Waals surface area contributed by atoms with Crippen molar-refractivity contribution in [2.45, 2.75) is 32.5 Å². The van der Waals surface area contributed by atoms with Gasteiger partial charge in [-0.15, -0.1) is 0 Å². The molecule has 0 unspecified atom stereocenters. The first-order valence-corrected chi connectivity index (χ1v) is 9.05. The molecule has 0 fully saturated rings. The van der Waals surface area contributed by atoms with Gasteiger partial charge in [0.25, 0.3) is 5.91 Å². The molecule has 0 aliphatic carbocycles. The number of carbonyl (C=O) groups is 2. The molecule has 28 heavy (non-hydrogen) atoms. The molecule has 0 saturated carbocycles. The third kappa shape index (κ3) is 4.03. The van der Waals surface area contributed by atoms with E-state index in [0.717, 1.165) is 23.4 Å². The second kappa shape index (κ2) is 7.66. The van der Waals surface area contributed by atoms with E-state index in [0.29, 0.717) is 30.5 Å². The van der Waals surface area contributed by atoms with Crippen LogP contribution in [0, 0.1) is 0 Å². The predicted molar refractivity (Wildman–Crippen MR) is 100 cm³/mol. The summed E-state index contributed by atoms with van der Waals surface area (Å²) >= 11 is 0. The van der Waals surface area contributed by atoms with Crippen molar-refractivity contribution < 1.29 is 22.8 Å². The molecule has 0 spiro atoms. The van der Waals surface area contributed by atoms with Crippen molar-refractivity contribution >= 4 is 17.5 Å². The Kier molecular flexibility index (Phi) is 5.45. The first-order valence-electron chi connectivity index (χ1n) is 9.05. The van der Waals surface area contributed by atoms with E-state index in [1.54, 1.807) is 30.1 Å². The molecule has 0 bridgehead atoms. The summed E-state index contributed by atoms with van der Waals surface area (Å²) < 4.78 is 38.0. The topological polar surface area (TPSA) is 40.6 Å². The van der Waals surface area contributed by atoms with Crippen molar-refractivity contribution in [2.24, 2.45) is 0 Å². The van der Waals surface area contributed by atoms with Crippen LogP contribution in [-0.2, 0) is 23.9 Å². The average Bonchev–Trinajstić information content (AvgIpc) is 3.09. The van der Waals surface area contributed by atoms with Gasteiger partial charge in [0.2, 0.25) is 5.91 Å². The Morgan fingerprint density at radius 1 is 1.11 bits per heavy atom. The molecule has 2 aromatic carbocycles. The minimum Gasteiger partial charge on any atom is -0.337 e. The van der Waals surface area contributed by atoms with Gasteiger partial charge in [0.05, 0.1) is 5.56 Å². The largest absolute Gasteiger partial charge is 0.416 e. The number of anilines is 1. The van der Waals surface area contributed by atoms with E-state index in [4.69, 9.17) is 0 Å². The number of nitrogens with zero attached hydrogens (tertiary/aromatic N) is 2. The molecule has 1 heterocycles. The van der Waals surface area contributed by atoms with Gasteiger partial charge >= 0.3 is 6.18 Å². The summed E-state index contributed by atoms with van der Waals surface area (Å²) in [6.07, 6.45) is -3.25. The van der Waals surface area contributed by atoms with E-state index in [2.05, 4.69) is 0 Å². The van der Waals surface area contributed by atoms with Crippen LogP contribution in [0.1, 0.15) is 40.4 Å². The van der Waals surface area contributed by atoms with Gasteiger partial charge in [-0.1, -0.05) is 19.1 Å². The Bertz CT molecular complexity index is 892. The van der Waals surface area contributed by atoms with Crippen LogP contribution in [0.3, 0.4) is 0 Å². The second-order valence-corrected chi connectivity index (χ2v) is 6.85. The zero-order chi connectivity index (χ0) is 20.5. The summed E-state index contributed by atoms with van der Waals surface area (Å²) in [5, 5.41) is 0. The summed E-state index contributed by atoms with van der Waals surface area (Å²) in [4.78, 5) is 27.9. The summed E-state index contributed by atoms with van der Waals surface area (Å²) in [7, 11) is 1.61. The fourth-order valence-electron chi connectivity index (χ4n) is 3.35. The molecule has 2 amide bonds. The first kappa shape index (κ1) is 19.9. The molecule has 148 valence electrons. The van der Waals surface area contributed by atoms with Gasteiger partial charge in [-0.3, -0.25) is 9.59 Å². The number of carbonyl (C=O) groups excluding carboxylic acids is 2.